The zero-order valence-corrected chi connectivity index (χ0v) is 12.4. The average molecular weight is 323 g/mol. The number of methoxy groups -OCH3 is 1. The first kappa shape index (κ1) is 13.7. The molecule has 1 heterocycles. The Morgan fingerprint density at radius 1 is 1.26 bits per heavy atom. The maximum absolute atomic E-state index is 5.79. The van der Waals surface area contributed by atoms with Gasteiger partial charge in [-0.3, -0.25) is 0 Å². The van der Waals surface area contributed by atoms with Crippen molar-refractivity contribution < 1.29 is 9.47 Å². The number of nitrogens with one attached hydrogen (secondary N) is 1. The summed E-state index contributed by atoms with van der Waals surface area (Å²) in [5.74, 6) is 2.24. The summed E-state index contributed by atoms with van der Waals surface area (Å²) in [6.45, 7) is 0.440. The van der Waals surface area contributed by atoms with Crippen molar-refractivity contribution in [2.75, 3.05) is 19.5 Å². The van der Waals surface area contributed by atoms with Crippen LogP contribution in [0.4, 0.5) is 5.82 Å². The second kappa shape index (κ2) is 6.43. The number of anilines is 1. The van der Waals surface area contributed by atoms with Crippen LogP contribution in [0.25, 0.3) is 0 Å². The minimum atomic E-state index is 0.440. The highest BCUT2D eigenvalue weighted by atomic mass is 79.9. The number of benzene rings is 1. The van der Waals surface area contributed by atoms with E-state index in [9.17, 15) is 0 Å². The Labute approximate surface area is 120 Å². The van der Waals surface area contributed by atoms with E-state index in [0.717, 1.165) is 15.9 Å². The topological polar surface area (TPSA) is 43.4 Å². The molecular formula is C14H15BrN2O2. The first-order valence-corrected chi connectivity index (χ1v) is 6.62. The van der Waals surface area contributed by atoms with Crippen molar-refractivity contribution in [2.45, 2.75) is 6.61 Å². The lowest BCUT2D eigenvalue weighted by atomic mass is 10.3. The predicted octanol–water partition coefficient (Wildman–Crippen LogP) is 3.47. The molecule has 0 atom stereocenters. The highest BCUT2D eigenvalue weighted by molar-refractivity contribution is 9.10. The van der Waals surface area contributed by atoms with E-state index in [1.54, 1.807) is 13.3 Å². The van der Waals surface area contributed by atoms with Crippen LogP contribution in [-0.4, -0.2) is 19.1 Å². The van der Waals surface area contributed by atoms with Crippen molar-refractivity contribution in [1.29, 1.82) is 0 Å². The molecule has 5 heteroatoms. The third-order valence-corrected chi connectivity index (χ3v) is 3.24. The van der Waals surface area contributed by atoms with Gasteiger partial charge in [-0.15, -0.1) is 0 Å². The molecule has 0 unspecified atom stereocenters. The predicted molar refractivity (Wildman–Crippen MR) is 78.8 cm³/mol. The molecule has 0 radical (unpaired) electrons. The van der Waals surface area contributed by atoms with Crippen molar-refractivity contribution in [3.8, 4) is 11.5 Å². The summed E-state index contributed by atoms with van der Waals surface area (Å²) >= 11 is 3.45. The van der Waals surface area contributed by atoms with Crippen LogP contribution in [-0.2, 0) is 6.61 Å². The van der Waals surface area contributed by atoms with Crippen molar-refractivity contribution in [2.24, 2.45) is 0 Å². The minimum absolute atomic E-state index is 0.440. The second-order valence-corrected chi connectivity index (χ2v) is 4.72. The largest absolute Gasteiger partial charge is 0.493 e. The van der Waals surface area contributed by atoms with E-state index >= 15 is 0 Å². The molecule has 0 saturated heterocycles. The fourth-order valence-corrected chi connectivity index (χ4v) is 2.07. The van der Waals surface area contributed by atoms with Crippen molar-refractivity contribution in [3.05, 3.63) is 46.6 Å². The van der Waals surface area contributed by atoms with Crippen LogP contribution in [0.3, 0.4) is 0 Å². The summed E-state index contributed by atoms with van der Waals surface area (Å²) in [4.78, 5) is 4.24. The van der Waals surface area contributed by atoms with Gasteiger partial charge in [0.25, 0.3) is 0 Å². The number of hydrogen-bond donors (Lipinski definition) is 1. The number of pyridine rings is 1. The summed E-state index contributed by atoms with van der Waals surface area (Å²) in [5.41, 5.74) is 0.997. The van der Waals surface area contributed by atoms with E-state index in [2.05, 4.69) is 26.2 Å². The Kier molecular flexibility index (Phi) is 4.63. The second-order valence-electron chi connectivity index (χ2n) is 3.86. The number of rotatable bonds is 5. The molecule has 0 spiro atoms. The fraction of sp³-hybridized carbons (Fsp3) is 0.214. The van der Waals surface area contributed by atoms with Gasteiger partial charge in [0.1, 0.15) is 12.4 Å². The first-order chi connectivity index (χ1) is 9.24. The van der Waals surface area contributed by atoms with Crippen LogP contribution in [0.5, 0.6) is 11.5 Å². The molecule has 19 heavy (non-hydrogen) atoms. The van der Waals surface area contributed by atoms with Crippen molar-refractivity contribution in [3.63, 3.8) is 0 Å². The van der Waals surface area contributed by atoms with Crippen LogP contribution < -0.4 is 14.8 Å². The summed E-state index contributed by atoms with van der Waals surface area (Å²) in [5, 5.41) is 2.98. The third-order valence-electron chi connectivity index (χ3n) is 2.61. The van der Waals surface area contributed by atoms with Gasteiger partial charge in [0, 0.05) is 18.8 Å². The molecular weight excluding hydrogens is 308 g/mol. The maximum Gasteiger partial charge on any atom is 0.175 e. The number of ether oxygens (including phenoxy) is 2. The Bertz CT molecular complexity index is 544. The monoisotopic (exact) mass is 322 g/mol. The molecule has 100 valence electrons. The van der Waals surface area contributed by atoms with Gasteiger partial charge in [-0.1, -0.05) is 12.1 Å². The first-order valence-electron chi connectivity index (χ1n) is 5.82. The Morgan fingerprint density at radius 3 is 2.74 bits per heavy atom. The third kappa shape index (κ3) is 3.38. The number of halogens is 1. The molecule has 2 rings (SSSR count). The van der Waals surface area contributed by atoms with E-state index in [-0.39, 0.29) is 0 Å². The lowest BCUT2D eigenvalue weighted by Crippen LogP contribution is -2.00. The molecule has 2 aromatic rings. The lowest BCUT2D eigenvalue weighted by Gasteiger charge is -2.12. The molecule has 4 nitrogen and oxygen atoms in total. The number of hydrogen-bond acceptors (Lipinski definition) is 4. The van der Waals surface area contributed by atoms with Gasteiger partial charge >= 0.3 is 0 Å². The summed E-state index contributed by atoms with van der Waals surface area (Å²) in [6.07, 6.45) is 1.79. The van der Waals surface area contributed by atoms with E-state index in [0.29, 0.717) is 18.1 Å². The van der Waals surface area contributed by atoms with Gasteiger partial charge in [0.2, 0.25) is 0 Å². The maximum atomic E-state index is 5.79. The molecule has 0 fully saturated rings. The smallest absolute Gasteiger partial charge is 0.175 e. The molecule has 0 aliphatic heterocycles. The van der Waals surface area contributed by atoms with Gasteiger partial charge < -0.3 is 14.8 Å². The lowest BCUT2D eigenvalue weighted by molar-refractivity contribution is 0.282. The quantitative estimate of drug-likeness (QED) is 0.915. The molecule has 0 amide bonds. The molecule has 0 aliphatic rings. The minimum Gasteiger partial charge on any atom is -0.493 e. The van der Waals surface area contributed by atoms with Gasteiger partial charge in [-0.25, -0.2) is 4.98 Å². The van der Waals surface area contributed by atoms with Crippen molar-refractivity contribution >= 4 is 21.7 Å². The summed E-state index contributed by atoms with van der Waals surface area (Å²) < 4.78 is 11.9. The Morgan fingerprint density at radius 2 is 2.11 bits per heavy atom. The van der Waals surface area contributed by atoms with Crippen molar-refractivity contribution in [1.82, 2.24) is 4.98 Å². The average Bonchev–Trinajstić information content (AvgIpc) is 2.46. The van der Waals surface area contributed by atoms with E-state index in [1.807, 2.05) is 37.4 Å². The fourth-order valence-electron chi connectivity index (χ4n) is 1.60. The van der Waals surface area contributed by atoms with Crippen LogP contribution in [0.15, 0.2) is 41.0 Å². The van der Waals surface area contributed by atoms with Gasteiger partial charge in [-0.2, -0.15) is 0 Å². The number of aromatic nitrogens is 1. The zero-order chi connectivity index (χ0) is 13.7. The van der Waals surface area contributed by atoms with Crippen LogP contribution in [0, 0.1) is 0 Å². The highest BCUT2D eigenvalue weighted by Crippen LogP contribution is 2.35. The van der Waals surface area contributed by atoms with E-state index < -0.39 is 0 Å². The molecule has 0 saturated carbocycles. The molecule has 1 aromatic carbocycles. The number of para-hydroxylation sites is 1. The van der Waals surface area contributed by atoms with Crippen LogP contribution >= 0.6 is 15.9 Å². The summed E-state index contributed by atoms with van der Waals surface area (Å²) in [6, 6.07) is 9.57. The molecule has 0 aliphatic carbocycles. The Balaban J connectivity index is 2.09. The summed E-state index contributed by atoms with van der Waals surface area (Å²) in [7, 11) is 3.46. The SMILES string of the molecule is CNc1ccc(COc2c(Br)cccc2OC)cn1. The number of nitrogens with zero attached hydrogens (tertiary/aromatic N) is 1. The van der Waals surface area contributed by atoms with Gasteiger partial charge in [0.15, 0.2) is 11.5 Å². The normalized spacial score (nSPS) is 10.1. The zero-order valence-electron chi connectivity index (χ0n) is 10.8. The van der Waals surface area contributed by atoms with Gasteiger partial charge in [-0.05, 0) is 34.1 Å². The van der Waals surface area contributed by atoms with Gasteiger partial charge in [0.05, 0.1) is 11.6 Å². The standard InChI is InChI=1S/C14H15BrN2O2/c1-16-13-7-6-10(8-17-13)9-19-14-11(15)4-3-5-12(14)18-2/h3-8H,9H2,1-2H3,(H,16,17). The van der Waals surface area contributed by atoms with E-state index in [1.165, 1.54) is 0 Å². The highest BCUT2D eigenvalue weighted by Gasteiger charge is 2.08. The molecule has 1 N–H and O–H groups in total. The van der Waals surface area contributed by atoms with E-state index in [4.69, 9.17) is 9.47 Å². The Hall–Kier alpha value is -1.75. The molecule has 1 aromatic heterocycles. The molecule has 0 bridgehead atoms. The van der Waals surface area contributed by atoms with Crippen LogP contribution in [0.2, 0.25) is 0 Å². The van der Waals surface area contributed by atoms with Crippen LogP contribution in [0.1, 0.15) is 5.56 Å².